The molecule has 0 unspecified atom stereocenters. The quantitative estimate of drug-likeness (QED) is 0.699. The number of nitrogens with zero attached hydrogens (tertiary/aromatic N) is 2. The van der Waals surface area contributed by atoms with Gasteiger partial charge in [0.05, 0.1) is 5.52 Å². The number of hydrogen-bond acceptors (Lipinski definition) is 2. The van der Waals surface area contributed by atoms with E-state index in [4.69, 9.17) is 11.6 Å². The number of fused-ring (bicyclic) bond motifs is 1. The molecule has 1 aromatic carbocycles. The maximum Gasteiger partial charge on any atom is 0.226 e. The van der Waals surface area contributed by atoms with Gasteiger partial charge in [0.1, 0.15) is 5.15 Å². The van der Waals surface area contributed by atoms with Crippen molar-refractivity contribution >= 4 is 28.4 Å². The molecule has 1 amide bonds. The maximum absolute atomic E-state index is 13.0. The largest absolute Gasteiger partial charge is 0.335 e. The minimum absolute atomic E-state index is 0.232. The van der Waals surface area contributed by atoms with Crippen LogP contribution >= 0.6 is 11.6 Å². The molecule has 2 aliphatic carbocycles. The summed E-state index contributed by atoms with van der Waals surface area (Å²) in [7, 11) is 0. The van der Waals surface area contributed by atoms with Crippen LogP contribution in [-0.2, 0) is 11.3 Å². The molecule has 2 aliphatic rings. The molecule has 0 atom stereocenters. The summed E-state index contributed by atoms with van der Waals surface area (Å²) in [6, 6.07) is 8.66. The van der Waals surface area contributed by atoms with Crippen molar-refractivity contribution in [1.29, 1.82) is 0 Å². The Balaban J connectivity index is 1.65. The molecule has 0 spiro atoms. The molecular formula is C21H25ClN2O. The van der Waals surface area contributed by atoms with Gasteiger partial charge in [0.2, 0.25) is 5.91 Å². The van der Waals surface area contributed by atoms with Crippen LogP contribution < -0.4 is 0 Å². The van der Waals surface area contributed by atoms with Crippen LogP contribution in [0.25, 0.3) is 10.9 Å². The van der Waals surface area contributed by atoms with Gasteiger partial charge >= 0.3 is 0 Å². The monoisotopic (exact) mass is 356 g/mol. The number of carbonyl (C=O) groups is 1. The Labute approximate surface area is 154 Å². The van der Waals surface area contributed by atoms with Crippen molar-refractivity contribution in [3.8, 4) is 0 Å². The molecular weight excluding hydrogens is 332 g/mol. The normalized spacial score (nSPS) is 18.5. The van der Waals surface area contributed by atoms with Crippen molar-refractivity contribution < 1.29 is 4.79 Å². The molecule has 0 aliphatic heterocycles. The molecule has 2 fully saturated rings. The zero-order chi connectivity index (χ0) is 17.4. The summed E-state index contributed by atoms with van der Waals surface area (Å²) in [5, 5.41) is 1.63. The highest BCUT2D eigenvalue weighted by molar-refractivity contribution is 6.30. The number of rotatable bonds is 4. The first-order valence-corrected chi connectivity index (χ1v) is 9.86. The first-order valence-electron chi connectivity index (χ1n) is 9.48. The number of carbonyl (C=O) groups excluding carboxylic acids is 1. The van der Waals surface area contributed by atoms with Crippen molar-refractivity contribution in [2.24, 2.45) is 5.92 Å². The van der Waals surface area contributed by atoms with Crippen LogP contribution in [0.3, 0.4) is 0 Å². The van der Waals surface area contributed by atoms with Crippen molar-refractivity contribution in [3.05, 3.63) is 40.5 Å². The van der Waals surface area contributed by atoms with E-state index in [1.54, 1.807) is 0 Å². The van der Waals surface area contributed by atoms with Crippen molar-refractivity contribution in [2.45, 2.75) is 64.5 Å². The highest BCUT2D eigenvalue weighted by Gasteiger charge is 2.34. The lowest BCUT2D eigenvalue weighted by molar-refractivity contribution is -0.141. The van der Waals surface area contributed by atoms with Gasteiger partial charge in [-0.3, -0.25) is 4.79 Å². The van der Waals surface area contributed by atoms with Crippen LogP contribution in [0.15, 0.2) is 24.3 Å². The summed E-state index contributed by atoms with van der Waals surface area (Å²) >= 11 is 6.51. The number of pyridine rings is 1. The molecule has 4 rings (SSSR count). The van der Waals surface area contributed by atoms with Crippen LogP contribution in [0.4, 0.5) is 0 Å². The van der Waals surface area contributed by atoms with Crippen molar-refractivity contribution in [3.63, 3.8) is 0 Å². The lowest BCUT2D eigenvalue weighted by Crippen LogP contribution is -2.43. The average Bonchev–Trinajstić information content (AvgIpc) is 3.06. The Hall–Kier alpha value is -1.61. The SMILES string of the molecule is Cc1cccc2cc(CN(C(=O)C3CCC3)C3CCCC3)c(Cl)nc12. The highest BCUT2D eigenvalue weighted by atomic mass is 35.5. The van der Waals surface area contributed by atoms with Gasteiger partial charge in [-0.1, -0.05) is 49.1 Å². The van der Waals surface area contributed by atoms with Gasteiger partial charge in [-0.25, -0.2) is 4.98 Å². The second kappa shape index (κ2) is 6.95. The Morgan fingerprint density at radius 1 is 1.20 bits per heavy atom. The fraction of sp³-hybridized carbons (Fsp3) is 0.524. The molecule has 1 heterocycles. The molecule has 0 radical (unpaired) electrons. The third-order valence-corrected chi connectivity index (χ3v) is 6.24. The second-order valence-electron chi connectivity index (χ2n) is 7.62. The number of aromatic nitrogens is 1. The van der Waals surface area contributed by atoms with Crippen LogP contribution in [0.5, 0.6) is 0 Å². The Morgan fingerprint density at radius 2 is 1.96 bits per heavy atom. The summed E-state index contributed by atoms with van der Waals surface area (Å²) in [6.45, 7) is 2.64. The number of hydrogen-bond donors (Lipinski definition) is 0. The van der Waals surface area contributed by atoms with E-state index in [2.05, 4.69) is 35.0 Å². The van der Waals surface area contributed by atoms with Gasteiger partial charge < -0.3 is 4.90 Å². The summed E-state index contributed by atoms with van der Waals surface area (Å²) in [6.07, 6.45) is 7.97. The summed E-state index contributed by atoms with van der Waals surface area (Å²) in [5.74, 6) is 0.564. The second-order valence-corrected chi connectivity index (χ2v) is 7.98. The molecule has 4 heteroatoms. The van der Waals surface area contributed by atoms with Crippen LogP contribution in [0.1, 0.15) is 56.1 Å². The Bertz CT molecular complexity index is 794. The Morgan fingerprint density at radius 3 is 2.64 bits per heavy atom. The van der Waals surface area contributed by atoms with Crippen LogP contribution in [0, 0.1) is 12.8 Å². The third-order valence-electron chi connectivity index (χ3n) is 5.92. The average molecular weight is 357 g/mol. The van der Waals surface area contributed by atoms with Crippen molar-refractivity contribution in [2.75, 3.05) is 0 Å². The molecule has 0 saturated heterocycles. The highest BCUT2D eigenvalue weighted by Crippen LogP contribution is 2.34. The number of halogens is 1. The summed E-state index contributed by atoms with van der Waals surface area (Å²) in [5.41, 5.74) is 3.05. The minimum atomic E-state index is 0.232. The van der Waals surface area contributed by atoms with Gasteiger partial charge in [0, 0.05) is 29.5 Å². The number of amides is 1. The molecule has 3 nitrogen and oxygen atoms in total. The minimum Gasteiger partial charge on any atom is -0.335 e. The van der Waals surface area contributed by atoms with E-state index in [9.17, 15) is 4.79 Å². The molecule has 2 aromatic rings. The lowest BCUT2D eigenvalue weighted by Gasteiger charge is -2.35. The van der Waals surface area contributed by atoms with Crippen LogP contribution in [0.2, 0.25) is 5.15 Å². The van der Waals surface area contributed by atoms with Gasteiger partial charge in [0.25, 0.3) is 0 Å². The summed E-state index contributed by atoms with van der Waals surface area (Å²) < 4.78 is 0. The number of para-hydroxylation sites is 1. The first kappa shape index (κ1) is 16.8. The zero-order valence-corrected chi connectivity index (χ0v) is 15.6. The van der Waals surface area contributed by atoms with Gasteiger partial charge in [-0.2, -0.15) is 0 Å². The number of aryl methyl sites for hydroxylation is 1. The van der Waals surface area contributed by atoms with E-state index >= 15 is 0 Å². The third kappa shape index (κ3) is 3.27. The van der Waals surface area contributed by atoms with E-state index in [0.717, 1.165) is 47.7 Å². The fourth-order valence-corrected chi connectivity index (χ4v) is 4.35. The predicted octanol–water partition coefficient (Wildman–Crippen LogP) is 5.27. The van der Waals surface area contributed by atoms with Crippen LogP contribution in [-0.4, -0.2) is 21.8 Å². The van der Waals surface area contributed by atoms with E-state index in [1.165, 1.54) is 19.3 Å². The first-order chi connectivity index (χ1) is 12.1. The van der Waals surface area contributed by atoms with E-state index < -0.39 is 0 Å². The van der Waals surface area contributed by atoms with Gasteiger partial charge in [-0.05, 0) is 44.2 Å². The molecule has 2 saturated carbocycles. The zero-order valence-electron chi connectivity index (χ0n) is 14.8. The topological polar surface area (TPSA) is 33.2 Å². The van der Waals surface area contributed by atoms with E-state index in [-0.39, 0.29) is 5.92 Å². The number of benzene rings is 1. The van der Waals surface area contributed by atoms with E-state index in [0.29, 0.717) is 23.6 Å². The molecule has 25 heavy (non-hydrogen) atoms. The van der Waals surface area contributed by atoms with E-state index in [1.807, 2.05) is 6.07 Å². The maximum atomic E-state index is 13.0. The molecule has 0 N–H and O–H groups in total. The van der Waals surface area contributed by atoms with Gasteiger partial charge in [-0.15, -0.1) is 0 Å². The Kier molecular flexibility index (Phi) is 4.68. The molecule has 0 bridgehead atoms. The summed E-state index contributed by atoms with van der Waals surface area (Å²) in [4.78, 5) is 19.7. The van der Waals surface area contributed by atoms with Gasteiger partial charge in [0.15, 0.2) is 0 Å². The predicted molar refractivity (Wildman–Crippen MR) is 102 cm³/mol. The smallest absolute Gasteiger partial charge is 0.226 e. The van der Waals surface area contributed by atoms with Crippen molar-refractivity contribution in [1.82, 2.24) is 9.88 Å². The standard InChI is InChI=1S/C21H25ClN2O/c1-14-6-4-9-16-12-17(20(22)23-19(14)16)13-24(18-10-2-3-11-18)21(25)15-7-5-8-15/h4,6,9,12,15,18H,2-3,5,7-8,10-11,13H2,1H3. The molecule has 132 valence electrons. The lowest BCUT2D eigenvalue weighted by atomic mass is 9.84. The molecule has 1 aromatic heterocycles. The fourth-order valence-electron chi connectivity index (χ4n) is 4.16.